The average Bonchev–Trinajstić information content (AvgIpc) is 3.48. The van der Waals surface area contributed by atoms with Crippen molar-refractivity contribution in [2.45, 2.75) is 90.0 Å². The number of hydrogen-bond acceptors (Lipinski definition) is 8. The molecule has 2 amide bonds. The molecule has 1 saturated heterocycles. The van der Waals surface area contributed by atoms with Crippen LogP contribution in [-0.4, -0.2) is 75.9 Å². The molecule has 2 N–H and O–H groups in total. The van der Waals surface area contributed by atoms with Gasteiger partial charge in [0.1, 0.15) is 35.7 Å². The summed E-state index contributed by atoms with van der Waals surface area (Å²) in [7, 11) is 1.58. The molecule has 2 aromatic rings. The van der Waals surface area contributed by atoms with E-state index in [1.165, 1.54) is 4.90 Å². The number of aromatic nitrogens is 2. The van der Waals surface area contributed by atoms with E-state index in [9.17, 15) is 19.5 Å². The first-order valence-corrected chi connectivity index (χ1v) is 14.0. The van der Waals surface area contributed by atoms with Crippen LogP contribution >= 0.6 is 0 Å². The summed E-state index contributed by atoms with van der Waals surface area (Å²) in [4.78, 5) is 49.7. The zero-order chi connectivity index (χ0) is 28.6. The molecule has 40 heavy (non-hydrogen) atoms. The van der Waals surface area contributed by atoms with Crippen LogP contribution in [0.25, 0.3) is 11.0 Å². The van der Waals surface area contributed by atoms with E-state index in [0.717, 1.165) is 37.6 Å². The second-order valence-corrected chi connectivity index (χ2v) is 12.1. The highest BCUT2D eigenvalue weighted by Crippen LogP contribution is 2.39. The Balaban J connectivity index is 1.48. The Morgan fingerprint density at radius 3 is 2.62 bits per heavy atom. The number of aliphatic carboxylic acids is 1. The Morgan fingerprint density at radius 1 is 1.10 bits per heavy atom. The first-order valence-electron chi connectivity index (χ1n) is 14.0. The Labute approximate surface area is 233 Å². The number of benzene rings is 1. The van der Waals surface area contributed by atoms with E-state index < -0.39 is 41.6 Å². The highest BCUT2D eigenvalue weighted by Gasteiger charge is 2.47. The maximum absolute atomic E-state index is 13.8. The highest BCUT2D eigenvalue weighted by molar-refractivity contribution is 5.90. The van der Waals surface area contributed by atoms with Crippen molar-refractivity contribution in [2.24, 2.45) is 11.3 Å². The van der Waals surface area contributed by atoms with Crippen LogP contribution in [0, 0.1) is 11.3 Å². The van der Waals surface area contributed by atoms with Gasteiger partial charge in [0.05, 0.1) is 24.7 Å². The third kappa shape index (κ3) is 6.08. The van der Waals surface area contributed by atoms with Gasteiger partial charge in [-0.15, -0.1) is 0 Å². The lowest BCUT2D eigenvalue weighted by Crippen LogP contribution is -2.57. The molecule has 2 unspecified atom stereocenters. The predicted octanol–water partition coefficient (Wildman–Crippen LogP) is 3.72. The Kier molecular flexibility index (Phi) is 7.74. The van der Waals surface area contributed by atoms with Crippen molar-refractivity contribution >= 4 is 29.0 Å². The van der Waals surface area contributed by atoms with Crippen LogP contribution in [0.5, 0.6) is 11.6 Å². The van der Waals surface area contributed by atoms with E-state index in [0.29, 0.717) is 35.2 Å². The van der Waals surface area contributed by atoms with Crippen LogP contribution in [0.1, 0.15) is 65.0 Å². The maximum Gasteiger partial charge on any atom is 0.408 e. The number of rotatable bonds is 2. The van der Waals surface area contributed by atoms with Crippen LogP contribution in [0.2, 0.25) is 0 Å². The van der Waals surface area contributed by atoms with Gasteiger partial charge in [-0.25, -0.2) is 19.6 Å². The minimum absolute atomic E-state index is 0.0427. The van der Waals surface area contributed by atoms with Gasteiger partial charge in [0.15, 0.2) is 0 Å². The van der Waals surface area contributed by atoms with Crippen molar-refractivity contribution in [3.05, 3.63) is 23.9 Å². The molecule has 1 aliphatic carbocycles. The van der Waals surface area contributed by atoms with E-state index in [1.807, 2.05) is 32.9 Å². The standard InChI is InChI=1S/C29H38N4O7/c1-29(2,3)24-26(34)33-15-18(14-22(33)27(35)36)39-25-20(30-19-11-10-17(38-4)13-21(19)31-25)9-7-5-6-8-16-12-23(16)40-28(37)32-24/h10-11,13,16,18,22-24H,5-9,12,14-15H2,1-4H3,(H,32,37)(H,35,36)/t16-,18?,22+,23-,24?/m1/s1. The number of carbonyl (C=O) groups excluding carboxylic acids is 2. The molecule has 5 atom stereocenters. The zero-order valence-electron chi connectivity index (χ0n) is 23.5. The van der Waals surface area contributed by atoms with Crippen molar-refractivity contribution in [1.82, 2.24) is 20.2 Å². The molecule has 216 valence electrons. The van der Waals surface area contributed by atoms with E-state index in [2.05, 4.69) is 5.32 Å². The van der Waals surface area contributed by atoms with Gasteiger partial charge < -0.3 is 29.5 Å². The molecule has 2 fully saturated rings. The number of carboxylic acid groups (broad SMARTS) is 1. The molecule has 0 spiro atoms. The van der Waals surface area contributed by atoms with Crippen LogP contribution in [0.15, 0.2) is 18.2 Å². The number of nitrogens with zero attached hydrogens (tertiary/aromatic N) is 3. The zero-order valence-corrected chi connectivity index (χ0v) is 23.5. The molecule has 1 aromatic carbocycles. The lowest BCUT2D eigenvalue weighted by atomic mass is 9.85. The van der Waals surface area contributed by atoms with Crippen molar-refractivity contribution in [3.63, 3.8) is 0 Å². The SMILES string of the molecule is COc1ccc2nc3c(nc2c1)OC1C[C@@H](C(=O)O)N(C1)C(=O)C(C(C)(C)C)NC(=O)O[C@@H]1C[C@H]1CCCCC3. The summed E-state index contributed by atoms with van der Waals surface area (Å²) in [5.74, 6) is -0.301. The van der Waals surface area contributed by atoms with Gasteiger partial charge in [-0.3, -0.25) is 4.79 Å². The van der Waals surface area contributed by atoms with Crippen LogP contribution in [-0.2, 0) is 20.7 Å². The average molecular weight is 555 g/mol. The summed E-state index contributed by atoms with van der Waals surface area (Å²) < 4.78 is 17.3. The molecule has 2 aliphatic heterocycles. The number of methoxy groups -OCH3 is 1. The lowest BCUT2D eigenvalue weighted by Gasteiger charge is -2.34. The van der Waals surface area contributed by atoms with Crippen molar-refractivity contribution in [2.75, 3.05) is 13.7 Å². The molecular formula is C29H38N4O7. The van der Waals surface area contributed by atoms with E-state index in [1.54, 1.807) is 13.2 Å². The molecule has 11 heteroatoms. The second kappa shape index (κ2) is 11.1. The number of fused-ring (bicyclic) bond motifs is 5. The minimum atomic E-state index is -1.13. The molecule has 2 bridgehead atoms. The topological polar surface area (TPSA) is 140 Å². The fourth-order valence-corrected chi connectivity index (χ4v) is 5.60. The molecular weight excluding hydrogens is 516 g/mol. The van der Waals surface area contributed by atoms with Gasteiger partial charge in [-0.1, -0.05) is 33.6 Å². The Bertz CT molecular complexity index is 1290. The molecule has 1 saturated carbocycles. The molecule has 3 heterocycles. The van der Waals surface area contributed by atoms with Gasteiger partial charge in [0.2, 0.25) is 11.8 Å². The molecule has 3 aliphatic rings. The number of amides is 2. The molecule has 5 rings (SSSR count). The third-order valence-electron chi connectivity index (χ3n) is 8.00. The first-order chi connectivity index (χ1) is 19.0. The number of carbonyl (C=O) groups is 3. The predicted molar refractivity (Wildman–Crippen MR) is 145 cm³/mol. The van der Waals surface area contributed by atoms with Gasteiger partial charge in [0, 0.05) is 12.5 Å². The lowest BCUT2D eigenvalue weighted by molar-refractivity contribution is -0.150. The number of aryl methyl sites for hydroxylation is 1. The monoisotopic (exact) mass is 554 g/mol. The molecule has 0 radical (unpaired) electrons. The number of ether oxygens (including phenoxy) is 3. The fourth-order valence-electron chi connectivity index (χ4n) is 5.60. The van der Waals surface area contributed by atoms with Gasteiger partial charge in [0.25, 0.3) is 0 Å². The summed E-state index contributed by atoms with van der Waals surface area (Å²) >= 11 is 0. The van der Waals surface area contributed by atoms with Gasteiger partial charge in [-0.05, 0) is 49.1 Å². The number of alkyl carbamates (subject to hydrolysis) is 1. The summed E-state index contributed by atoms with van der Waals surface area (Å²) in [6.07, 6.45) is 3.97. The Hall–Kier alpha value is -3.63. The van der Waals surface area contributed by atoms with Crippen LogP contribution < -0.4 is 14.8 Å². The molecule has 1 aromatic heterocycles. The van der Waals surface area contributed by atoms with Crippen molar-refractivity contribution in [1.29, 1.82) is 0 Å². The number of nitrogens with one attached hydrogen (secondary N) is 1. The summed E-state index contributed by atoms with van der Waals surface area (Å²) in [6.45, 7) is 5.52. The summed E-state index contributed by atoms with van der Waals surface area (Å²) in [6, 6.07) is 3.40. The highest BCUT2D eigenvalue weighted by atomic mass is 16.6. The van der Waals surface area contributed by atoms with Crippen LogP contribution in [0.3, 0.4) is 0 Å². The van der Waals surface area contributed by atoms with Crippen molar-refractivity contribution in [3.8, 4) is 11.6 Å². The largest absolute Gasteiger partial charge is 0.497 e. The molecule has 11 nitrogen and oxygen atoms in total. The number of hydrogen-bond donors (Lipinski definition) is 2. The van der Waals surface area contributed by atoms with Crippen LogP contribution in [0.4, 0.5) is 4.79 Å². The van der Waals surface area contributed by atoms with E-state index >= 15 is 0 Å². The first kappa shape index (κ1) is 27.9. The van der Waals surface area contributed by atoms with E-state index in [-0.39, 0.29) is 19.1 Å². The van der Waals surface area contributed by atoms with Crippen molar-refractivity contribution < 1.29 is 33.7 Å². The third-order valence-corrected chi connectivity index (χ3v) is 8.00. The maximum atomic E-state index is 13.8. The normalized spacial score (nSPS) is 27.8. The fraction of sp³-hybridized carbons (Fsp3) is 0.621. The quantitative estimate of drug-likeness (QED) is 0.568. The summed E-state index contributed by atoms with van der Waals surface area (Å²) in [5.41, 5.74) is 1.36. The smallest absolute Gasteiger partial charge is 0.408 e. The van der Waals surface area contributed by atoms with Gasteiger partial charge >= 0.3 is 12.1 Å². The van der Waals surface area contributed by atoms with E-state index in [4.69, 9.17) is 24.2 Å². The second-order valence-electron chi connectivity index (χ2n) is 12.1. The van der Waals surface area contributed by atoms with Gasteiger partial charge in [-0.2, -0.15) is 0 Å². The number of carboxylic acids is 1. The Morgan fingerprint density at radius 2 is 1.90 bits per heavy atom. The summed E-state index contributed by atoms with van der Waals surface area (Å²) in [5, 5.41) is 12.7. The minimum Gasteiger partial charge on any atom is -0.497 e.